The van der Waals surface area contributed by atoms with Gasteiger partial charge in [0.05, 0.1) is 0 Å². The summed E-state index contributed by atoms with van der Waals surface area (Å²) in [5.74, 6) is 0.756. The molecule has 0 aliphatic heterocycles. The molecule has 0 spiro atoms. The van der Waals surface area contributed by atoms with Gasteiger partial charge in [0.15, 0.2) is 6.61 Å². The lowest BCUT2D eigenvalue weighted by molar-refractivity contribution is 0.282. The molecule has 2 rings (SSSR count). The Morgan fingerprint density at radius 3 is 2.68 bits per heavy atom. The molecular weight excluding hydrogens is 236 g/mol. The third-order valence-electron chi connectivity index (χ3n) is 4.04. The van der Waals surface area contributed by atoms with E-state index in [-0.39, 0.29) is 6.61 Å². The van der Waals surface area contributed by atoms with Crippen molar-refractivity contribution in [2.24, 2.45) is 5.41 Å². The van der Waals surface area contributed by atoms with Gasteiger partial charge >= 0.3 is 0 Å². The van der Waals surface area contributed by atoms with Crippen molar-refractivity contribution >= 4 is 0 Å². The van der Waals surface area contributed by atoms with Gasteiger partial charge in [-0.05, 0) is 36.0 Å². The van der Waals surface area contributed by atoms with Crippen LogP contribution in [-0.2, 0) is 6.54 Å². The van der Waals surface area contributed by atoms with Crippen molar-refractivity contribution in [1.82, 2.24) is 5.32 Å². The van der Waals surface area contributed by atoms with Crippen LogP contribution in [0, 0.1) is 16.7 Å². The Labute approximate surface area is 115 Å². The Balaban J connectivity index is 1.85. The van der Waals surface area contributed by atoms with Crippen molar-refractivity contribution in [2.45, 2.75) is 45.7 Å². The zero-order valence-corrected chi connectivity index (χ0v) is 11.8. The fraction of sp³-hybridized carbons (Fsp3) is 0.562. The molecule has 1 N–H and O–H groups in total. The third-order valence-corrected chi connectivity index (χ3v) is 4.04. The predicted molar refractivity (Wildman–Crippen MR) is 75.8 cm³/mol. The Morgan fingerprint density at radius 2 is 2.11 bits per heavy atom. The zero-order valence-electron chi connectivity index (χ0n) is 11.8. The second-order valence-corrected chi connectivity index (χ2v) is 5.91. The second-order valence-electron chi connectivity index (χ2n) is 5.91. The first-order valence-electron chi connectivity index (χ1n) is 6.94. The van der Waals surface area contributed by atoms with Gasteiger partial charge in [-0.25, -0.2) is 0 Å². The van der Waals surface area contributed by atoms with Crippen LogP contribution in [0.3, 0.4) is 0 Å². The van der Waals surface area contributed by atoms with Gasteiger partial charge in [0.1, 0.15) is 11.8 Å². The van der Waals surface area contributed by atoms with Crippen LogP contribution in [0.4, 0.5) is 0 Å². The number of nitrogens with zero attached hydrogens (tertiary/aromatic N) is 1. The van der Waals surface area contributed by atoms with E-state index in [0.29, 0.717) is 11.5 Å². The van der Waals surface area contributed by atoms with Crippen LogP contribution in [0.25, 0.3) is 0 Å². The topological polar surface area (TPSA) is 45.0 Å². The second kappa shape index (κ2) is 6.08. The first kappa shape index (κ1) is 13.9. The summed E-state index contributed by atoms with van der Waals surface area (Å²) in [5, 5.41) is 12.1. The molecule has 1 saturated carbocycles. The van der Waals surface area contributed by atoms with Crippen molar-refractivity contribution < 1.29 is 4.74 Å². The summed E-state index contributed by atoms with van der Waals surface area (Å²) in [6.07, 6.45) is 3.91. The summed E-state index contributed by atoms with van der Waals surface area (Å²) in [6.45, 7) is 5.69. The number of nitriles is 1. The smallest absolute Gasteiger partial charge is 0.174 e. The molecule has 1 aliphatic carbocycles. The molecular formula is C16H22N2O. The minimum absolute atomic E-state index is 0.105. The quantitative estimate of drug-likeness (QED) is 0.881. The molecule has 0 saturated heterocycles. The van der Waals surface area contributed by atoms with Crippen LogP contribution < -0.4 is 10.1 Å². The highest BCUT2D eigenvalue weighted by atomic mass is 16.5. The molecule has 1 unspecified atom stereocenters. The molecule has 3 nitrogen and oxygen atoms in total. The summed E-state index contributed by atoms with van der Waals surface area (Å²) in [5.41, 5.74) is 1.67. The van der Waals surface area contributed by atoms with E-state index in [0.717, 1.165) is 12.3 Å². The largest absolute Gasteiger partial charge is 0.479 e. The molecule has 1 aromatic carbocycles. The van der Waals surface area contributed by atoms with Gasteiger partial charge < -0.3 is 10.1 Å². The highest BCUT2D eigenvalue weighted by Crippen LogP contribution is 2.37. The molecule has 0 aromatic heterocycles. The van der Waals surface area contributed by atoms with E-state index in [1.165, 1.54) is 24.8 Å². The van der Waals surface area contributed by atoms with Crippen LogP contribution in [0.2, 0.25) is 0 Å². The third kappa shape index (κ3) is 3.71. The van der Waals surface area contributed by atoms with E-state index >= 15 is 0 Å². The molecule has 1 fully saturated rings. The Morgan fingerprint density at radius 1 is 1.37 bits per heavy atom. The van der Waals surface area contributed by atoms with E-state index in [9.17, 15) is 0 Å². The van der Waals surface area contributed by atoms with E-state index in [1.807, 2.05) is 18.2 Å². The van der Waals surface area contributed by atoms with Crippen LogP contribution >= 0.6 is 0 Å². The average Bonchev–Trinajstić information content (AvgIpc) is 2.74. The van der Waals surface area contributed by atoms with Gasteiger partial charge in [-0.2, -0.15) is 5.26 Å². The number of ether oxygens (including phenoxy) is 1. The van der Waals surface area contributed by atoms with Crippen molar-refractivity contribution in [3.63, 3.8) is 0 Å². The molecule has 1 aromatic rings. The summed E-state index contributed by atoms with van der Waals surface area (Å²) in [7, 11) is 0. The van der Waals surface area contributed by atoms with E-state index in [1.54, 1.807) is 0 Å². The summed E-state index contributed by atoms with van der Waals surface area (Å²) in [4.78, 5) is 0. The number of hydrogen-bond acceptors (Lipinski definition) is 3. The van der Waals surface area contributed by atoms with E-state index in [4.69, 9.17) is 10.00 Å². The van der Waals surface area contributed by atoms with E-state index < -0.39 is 0 Å². The Hall–Kier alpha value is -1.53. The summed E-state index contributed by atoms with van der Waals surface area (Å²) < 4.78 is 5.24. The van der Waals surface area contributed by atoms with Gasteiger partial charge in [0.2, 0.25) is 0 Å². The fourth-order valence-electron chi connectivity index (χ4n) is 2.77. The fourth-order valence-corrected chi connectivity index (χ4v) is 2.77. The zero-order chi connectivity index (χ0) is 13.7. The van der Waals surface area contributed by atoms with Crippen molar-refractivity contribution in [2.75, 3.05) is 6.61 Å². The predicted octanol–water partition coefficient (Wildman–Crippen LogP) is 3.26. The molecule has 0 amide bonds. The van der Waals surface area contributed by atoms with Gasteiger partial charge in [-0.3, -0.25) is 0 Å². The first-order chi connectivity index (χ1) is 9.12. The molecule has 19 heavy (non-hydrogen) atoms. The molecule has 0 radical (unpaired) electrons. The first-order valence-corrected chi connectivity index (χ1v) is 6.94. The van der Waals surface area contributed by atoms with Crippen LogP contribution in [0.15, 0.2) is 24.3 Å². The van der Waals surface area contributed by atoms with Crippen molar-refractivity contribution in [3.05, 3.63) is 29.8 Å². The SMILES string of the molecule is CC1(C)CCCC1NCc1ccc(OCC#N)cc1. The maximum absolute atomic E-state index is 8.45. The molecule has 1 aliphatic rings. The van der Waals surface area contributed by atoms with Crippen LogP contribution in [0.5, 0.6) is 5.75 Å². The minimum Gasteiger partial charge on any atom is -0.479 e. The van der Waals surface area contributed by atoms with Crippen molar-refractivity contribution in [3.8, 4) is 11.8 Å². The maximum atomic E-state index is 8.45. The van der Waals surface area contributed by atoms with Crippen molar-refractivity contribution in [1.29, 1.82) is 5.26 Å². The number of benzene rings is 1. The summed E-state index contributed by atoms with van der Waals surface area (Å²) in [6, 6.07) is 10.5. The average molecular weight is 258 g/mol. The summed E-state index contributed by atoms with van der Waals surface area (Å²) >= 11 is 0. The molecule has 1 atom stereocenters. The lowest BCUT2D eigenvalue weighted by atomic mass is 9.87. The minimum atomic E-state index is 0.105. The number of nitrogens with one attached hydrogen (secondary N) is 1. The van der Waals surface area contributed by atoms with Gasteiger partial charge in [-0.15, -0.1) is 0 Å². The van der Waals surface area contributed by atoms with Gasteiger partial charge in [-0.1, -0.05) is 32.4 Å². The highest BCUT2D eigenvalue weighted by molar-refractivity contribution is 5.27. The van der Waals surface area contributed by atoms with Gasteiger partial charge in [0.25, 0.3) is 0 Å². The van der Waals surface area contributed by atoms with E-state index in [2.05, 4.69) is 31.3 Å². The number of hydrogen-bond donors (Lipinski definition) is 1. The maximum Gasteiger partial charge on any atom is 0.174 e. The molecule has 0 heterocycles. The standard InChI is InChI=1S/C16H22N2O/c1-16(2)9-3-4-15(16)18-12-13-5-7-14(8-6-13)19-11-10-17/h5-8,15,18H,3-4,9,11-12H2,1-2H3. The monoisotopic (exact) mass is 258 g/mol. The normalized spacial score (nSPS) is 21.0. The number of rotatable bonds is 5. The molecule has 102 valence electrons. The molecule has 0 bridgehead atoms. The Kier molecular flexibility index (Phi) is 4.44. The Bertz CT molecular complexity index is 445. The van der Waals surface area contributed by atoms with Crippen LogP contribution in [0.1, 0.15) is 38.7 Å². The van der Waals surface area contributed by atoms with Gasteiger partial charge in [0, 0.05) is 12.6 Å². The highest BCUT2D eigenvalue weighted by Gasteiger charge is 2.33. The van der Waals surface area contributed by atoms with Crippen LogP contribution in [-0.4, -0.2) is 12.6 Å². The molecule has 3 heteroatoms. The lowest BCUT2D eigenvalue weighted by Gasteiger charge is -2.28. The lowest BCUT2D eigenvalue weighted by Crippen LogP contribution is -2.37.